The second kappa shape index (κ2) is 6.79. The highest BCUT2D eigenvalue weighted by Crippen LogP contribution is 2.54. The van der Waals surface area contributed by atoms with Gasteiger partial charge in [0, 0.05) is 19.6 Å². The van der Waals surface area contributed by atoms with Crippen LogP contribution >= 0.6 is 0 Å². The Hall–Kier alpha value is -1.14. The highest BCUT2D eigenvalue weighted by Gasteiger charge is 2.57. The maximum absolute atomic E-state index is 13.5. The van der Waals surface area contributed by atoms with E-state index in [-0.39, 0.29) is 11.4 Å². The second-order valence-corrected chi connectivity index (χ2v) is 9.15. The highest BCUT2D eigenvalue weighted by molar-refractivity contribution is 5.84. The molecular weight excluding hydrogens is 330 g/mol. The number of hydrogen-bond acceptors (Lipinski definition) is 5. The number of nitrogens with zero attached hydrogens (tertiary/aromatic N) is 1. The number of hydrogen-bond donors (Lipinski definition) is 2. The van der Waals surface area contributed by atoms with E-state index in [0.717, 1.165) is 64.7 Å². The predicted molar refractivity (Wildman–Crippen MR) is 98.2 cm³/mol. The van der Waals surface area contributed by atoms with Crippen molar-refractivity contribution in [1.29, 1.82) is 0 Å². The molecule has 6 nitrogen and oxygen atoms in total. The number of rotatable bonds is 4. The van der Waals surface area contributed by atoms with Crippen molar-refractivity contribution in [3.05, 3.63) is 0 Å². The van der Waals surface area contributed by atoms with Crippen LogP contribution in [-0.2, 0) is 14.3 Å². The van der Waals surface area contributed by atoms with E-state index in [2.05, 4.69) is 10.2 Å². The van der Waals surface area contributed by atoms with Gasteiger partial charge in [0.25, 0.3) is 0 Å². The number of carbonyl (C=O) groups excluding carboxylic acids is 2. The molecule has 0 bridgehead atoms. The number of ether oxygens (including phenoxy) is 1. The van der Waals surface area contributed by atoms with Gasteiger partial charge < -0.3 is 20.7 Å². The Morgan fingerprint density at radius 2 is 1.77 bits per heavy atom. The second-order valence-electron chi connectivity index (χ2n) is 9.15. The molecule has 1 amide bonds. The average molecular weight is 364 g/mol. The van der Waals surface area contributed by atoms with Crippen LogP contribution in [0.15, 0.2) is 0 Å². The van der Waals surface area contributed by atoms with Gasteiger partial charge in [0.15, 0.2) is 0 Å². The summed E-state index contributed by atoms with van der Waals surface area (Å²) >= 11 is 0. The summed E-state index contributed by atoms with van der Waals surface area (Å²) in [7, 11) is 1.45. The van der Waals surface area contributed by atoms with Crippen molar-refractivity contribution < 1.29 is 14.3 Å². The fourth-order valence-corrected chi connectivity index (χ4v) is 6.33. The molecule has 4 aliphatic rings. The number of nitrogens with two attached hydrogens (primary N) is 1. The van der Waals surface area contributed by atoms with Crippen molar-refractivity contribution in [3.8, 4) is 0 Å². The van der Waals surface area contributed by atoms with E-state index in [1.54, 1.807) is 0 Å². The van der Waals surface area contributed by atoms with Crippen molar-refractivity contribution in [2.75, 3.05) is 39.8 Å². The molecule has 2 atom stereocenters. The van der Waals surface area contributed by atoms with Crippen LogP contribution in [0, 0.1) is 28.6 Å². The number of fused-ring (bicyclic) bond motifs is 1. The Kier molecular flexibility index (Phi) is 4.76. The Morgan fingerprint density at radius 1 is 1.15 bits per heavy atom. The van der Waals surface area contributed by atoms with Crippen molar-refractivity contribution in [1.82, 2.24) is 10.2 Å². The van der Waals surface area contributed by atoms with Gasteiger partial charge in [0.2, 0.25) is 5.91 Å². The lowest BCUT2D eigenvalue weighted by molar-refractivity contribution is -0.154. The summed E-state index contributed by atoms with van der Waals surface area (Å²) in [4.78, 5) is 27.9. The molecule has 26 heavy (non-hydrogen) atoms. The molecule has 146 valence electrons. The molecule has 0 aromatic rings. The van der Waals surface area contributed by atoms with E-state index in [1.807, 2.05) is 0 Å². The van der Waals surface area contributed by atoms with Crippen LogP contribution in [0.5, 0.6) is 0 Å². The maximum atomic E-state index is 13.5. The molecule has 2 aliphatic heterocycles. The number of esters is 1. The molecule has 4 fully saturated rings. The van der Waals surface area contributed by atoms with Gasteiger partial charge in [-0.3, -0.25) is 9.59 Å². The van der Waals surface area contributed by atoms with Crippen molar-refractivity contribution in [3.63, 3.8) is 0 Å². The molecule has 0 aromatic heterocycles. The first-order chi connectivity index (χ1) is 12.5. The molecule has 2 aliphatic carbocycles. The Bertz CT molecular complexity index is 555. The SMILES string of the molecule is COC(=O)C1(CN)CC2CN(C(=O)C3(C4CCNCC4)CCC3)CC2C1. The van der Waals surface area contributed by atoms with Gasteiger partial charge in [-0.1, -0.05) is 6.42 Å². The Balaban J connectivity index is 1.44. The quantitative estimate of drug-likeness (QED) is 0.732. The highest BCUT2D eigenvalue weighted by atomic mass is 16.5. The minimum absolute atomic E-state index is 0.0892. The fourth-order valence-electron chi connectivity index (χ4n) is 6.33. The molecule has 2 saturated heterocycles. The monoisotopic (exact) mass is 363 g/mol. The number of carbonyl (C=O) groups is 2. The predicted octanol–water partition coefficient (Wildman–Crippen LogP) is 1.14. The van der Waals surface area contributed by atoms with Crippen LogP contribution in [0.3, 0.4) is 0 Å². The molecule has 2 unspecified atom stereocenters. The third kappa shape index (κ3) is 2.68. The van der Waals surface area contributed by atoms with E-state index in [1.165, 1.54) is 13.5 Å². The topological polar surface area (TPSA) is 84.7 Å². The van der Waals surface area contributed by atoms with Crippen LogP contribution in [-0.4, -0.2) is 56.6 Å². The first-order valence-corrected chi connectivity index (χ1v) is 10.3. The minimum Gasteiger partial charge on any atom is -0.469 e. The summed E-state index contributed by atoms with van der Waals surface area (Å²) in [6.07, 6.45) is 7.12. The summed E-state index contributed by atoms with van der Waals surface area (Å²) in [5.74, 6) is 1.57. The summed E-state index contributed by atoms with van der Waals surface area (Å²) in [6.45, 7) is 4.04. The third-order valence-corrected chi connectivity index (χ3v) is 7.97. The third-order valence-electron chi connectivity index (χ3n) is 7.97. The molecule has 4 rings (SSSR count). The zero-order valence-corrected chi connectivity index (χ0v) is 16.0. The molecule has 0 spiro atoms. The van der Waals surface area contributed by atoms with Crippen LogP contribution < -0.4 is 11.1 Å². The van der Waals surface area contributed by atoms with E-state index < -0.39 is 5.41 Å². The van der Waals surface area contributed by atoms with Crippen LogP contribution in [0.1, 0.15) is 44.9 Å². The Labute approximate surface area is 156 Å². The number of methoxy groups -OCH3 is 1. The standard InChI is InChI=1S/C20H33N3O3/c1-26-18(25)19(13-21)9-14-11-23(12-15(14)10-19)17(24)20(5-2-6-20)16-3-7-22-8-4-16/h14-16,22H,2-13,21H2,1H3. The van der Waals surface area contributed by atoms with Crippen molar-refractivity contribution >= 4 is 11.9 Å². The van der Waals surface area contributed by atoms with E-state index in [9.17, 15) is 9.59 Å². The zero-order valence-electron chi connectivity index (χ0n) is 16.0. The van der Waals surface area contributed by atoms with E-state index in [0.29, 0.717) is 30.2 Å². The van der Waals surface area contributed by atoms with Gasteiger partial charge in [-0.2, -0.15) is 0 Å². The largest absolute Gasteiger partial charge is 0.469 e. The normalized spacial score (nSPS) is 36.5. The smallest absolute Gasteiger partial charge is 0.313 e. The van der Waals surface area contributed by atoms with Crippen molar-refractivity contribution in [2.24, 2.45) is 34.3 Å². The molecule has 2 saturated carbocycles. The molecule has 0 aromatic carbocycles. The molecule has 0 radical (unpaired) electrons. The first-order valence-electron chi connectivity index (χ1n) is 10.3. The zero-order chi connectivity index (χ0) is 18.4. The average Bonchev–Trinajstić information content (AvgIpc) is 3.17. The summed E-state index contributed by atoms with van der Waals surface area (Å²) < 4.78 is 5.02. The fraction of sp³-hybridized carbons (Fsp3) is 0.900. The van der Waals surface area contributed by atoms with Gasteiger partial charge in [-0.05, 0) is 69.4 Å². The Morgan fingerprint density at radius 3 is 2.23 bits per heavy atom. The lowest BCUT2D eigenvalue weighted by Crippen LogP contribution is -2.54. The van der Waals surface area contributed by atoms with Gasteiger partial charge in [-0.25, -0.2) is 0 Å². The molecule has 6 heteroatoms. The van der Waals surface area contributed by atoms with Crippen LogP contribution in [0.2, 0.25) is 0 Å². The minimum atomic E-state index is -0.525. The van der Waals surface area contributed by atoms with Crippen LogP contribution in [0.4, 0.5) is 0 Å². The number of amides is 1. The van der Waals surface area contributed by atoms with Crippen LogP contribution in [0.25, 0.3) is 0 Å². The number of piperidine rings is 1. The summed E-state index contributed by atoms with van der Waals surface area (Å²) in [6, 6.07) is 0. The van der Waals surface area contributed by atoms with Gasteiger partial charge >= 0.3 is 5.97 Å². The van der Waals surface area contributed by atoms with E-state index >= 15 is 0 Å². The van der Waals surface area contributed by atoms with Gasteiger partial charge in [0.1, 0.15) is 0 Å². The van der Waals surface area contributed by atoms with E-state index in [4.69, 9.17) is 10.5 Å². The molecule has 3 N–H and O–H groups in total. The number of likely N-dealkylation sites (tertiary alicyclic amines) is 1. The first kappa shape index (κ1) is 18.2. The lowest BCUT2D eigenvalue weighted by atomic mass is 9.58. The molecular formula is C20H33N3O3. The molecule has 2 heterocycles. The number of nitrogens with one attached hydrogen (secondary N) is 1. The van der Waals surface area contributed by atoms with Gasteiger partial charge in [-0.15, -0.1) is 0 Å². The lowest BCUT2D eigenvalue weighted by Gasteiger charge is -2.49. The maximum Gasteiger partial charge on any atom is 0.313 e. The van der Waals surface area contributed by atoms with Crippen molar-refractivity contribution in [2.45, 2.75) is 44.9 Å². The summed E-state index contributed by atoms with van der Waals surface area (Å²) in [5.41, 5.74) is 5.34. The summed E-state index contributed by atoms with van der Waals surface area (Å²) in [5, 5.41) is 3.43. The van der Waals surface area contributed by atoms with Gasteiger partial charge in [0.05, 0.1) is 17.9 Å².